The second kappa shape index (κ2) is 7.85. The molecule has 1 aromatic carbocycles. The maximum absolute atomic E-state index is 13.2. The van der Waals surface area contributed by atoms with Gasteiger partial charge < -0.3 is 9.73 Å². The van der Waals surface area contributed by atoms with E-state index in [0.29, 0.717) is 6.04 Å². The molecule has 0 saturated carbocycles. The minimum atomic E-state index is -0.164. The molecule has 1 heterocycles. The summed E-state index contributed by atoms with van der Waals surface area (Å²) in [5.41, 5.74) is 1.04. The van der Waals surface area contributed by atoms with Crippen molar-refractivity contribution in [3.05, 3.63) is 59.8 Å². The van der Waals surface area contributed by atoms with Gasteiger partial charge in [-0.15, -0.1) is 0 Å². The molecule has 3 heteroatoms. The molecule has 1 aromatic heterocycles. The van der Waals surface area contributed by atoms with Crippen LogP contribution in [0.2, 0.25) is 0 Å². The van der Waals surface area contributed by atoms with Crippen molar-refractivity contribution in [1.82, 2.24) is 5.32 Å². The average molecular weight is 275 g/mol. The van der Waals surface area contributed by atoms with Crippen molar-refractivity contribution in [2.75, 3.05) is 6.54 Å². The van der Waals surface area contributed by atoms with Crippen LogP contribution in [0, 0.1) is 5.82 Å². The number of halogens is 1. The summed E-state index contributed by atoms with van der Waals surface area (Å²) < 4.78 is 18.6. The summed E-state index contributed by atoms with van der Waals surface area (Å²) in [5, 5.41) is 3.54. The number of furan rings is 1. The fourth-order valence-corrected chi connectivity index (χ4v) is 2.34. The van der Waals surface area contributed by atoms with Crippen LogP contribution in [0.1, 0.15) is 31.1 Å². The monoisotopic (exact) mass is 275 g/mol. The topological polar surface area (TPSA) is 25.2 Å². The first kappa shape index (κ1) is 14.8. The zero-order chi connectivity index (χ0) is 14.2. The van der Waals surface area contributed by atoms with Crippen LogP contribution < -0.4 is 5.32 Å². The standard InChI is InChI=1S/C17H22FNO/c1-2-10-19-16(8-9-17-7-4-11-20-17)13-14-5-3-6-15(18)12-14/h3-7,11-12,16,19H,2,8-10,13H2,1H3. The molecule has 108 valence electrons. The zero-order valence-corrected chi connectivity index (χ0v) is 11.9. The Morgan fingerprint density at radius 1 is 1.25 bits per heavy atom. The van der Waals surface area contributed by atoms with Crippen molar-refractivity contribution in [2.24, 2.45) is 0 Å². The molecule has 1 atom stereocenters. The predicted octanol–water partition coefficient (Wildman–Crippen LogP) is 3.96. The van der Waals surface area contributed by atoms with E-state index in [0.717, 1.165) is 43.6 Å². The summed E-state index contributed by atoms with van der Waals surface area (Å²) in [6, 6.07) is 11.1. The van der Waals surface area contributed by atoms with E-state index in [1.807, 2.05) is 18.2 Å². The molecular formula is C17H22FNO. The van der Waals surface area contributed by atoms with Gasteiger partial charge in [0.1, 0.15) is 11.6 Å². The van der Waals surface area contributed by atoms with Crippen LogP contribution >= 0.6 is 0 Å². The maximum Gasteiger partial charge on any atom is 0.123 e. The number of hydrogen-bond donors (Lipinski definition) is 1. The van der Waals surface area contributed by atoms with Crippen LogP contribution in [0.25, 0.3) is 0 Å². The molecule has 0 bridgehead atoms. The number of hydrogen-bond acceptors (Lipinski definition) is 2. The molecule has 1 N–H and O–H groups in total. The lowest BCUT2D eigenvalue weighted by atomic mass is 10.0. The normalized spacial score (nSPS) is 12.5. The highest BCUT2D eigenvalue weighted by molar-refractivity contribution is 5.17. The molecular weight excluding hydrogens is 253 g/mol. The molecule has 0 spiro atoms. The zero-order valence-electron chi connectivity index (χ0n) is 11.9. The molecule has 0 aliphatic heterocycles. The summed E-state index contributed by atoms with van der Waals surface area (Å²) >= 11 is 0. The lowest BCUT2D eigenvalue weighted by Crippen LogP contribution is -2.32. The van der Waals surface area contributed by atoms with Gasteiger partial charge >= 0.3 is 0 Å². The largest absolute Gasteiger partial charge is 0.469 e. The third kappa shape index (κ3) is 4.82. The molecule has 2 aromatic rings. The quantitative estimate of drug-likeness (QED) is 0.788. The van der Waals surface area contributed by atoms with Gasteiger partial charge in [0, 0.05) is 12.5 Å². The van der Waals surface area contributed by atoms with E-state index in [-0.39, 0.29) is 5.82 Å². The Morgan fingerprint density at radius 2 is 2.15 bits per heavy atom. The predicted molar refractivity (Wildman–Crippen MR) is 79.2 cm³/mol. The van der Waals surface area contributed by atoms with E-state index < -0.39 is 0 Å². The molecule has 0 aliphatic rings. The van der Waals surface area contributed by atoms with Crippen LogP contribution in [0.15, 0.2) is 47.1 Å². The van der Waals surface area contributed by atoms with Crippen LogP contribution in [0.5, 0.6) is 0 Å². The van der Waals surface area contributed by atoms with Gasteiger partial charge in [-0.2, -0.15) is 0 Å². The molecule has 0 aliphatic carbocycles. The third-order valence-electron chi connectivity index (χ3n) is 3.37. The summed E-state index contributed by atoms with van der Waals surface area (Å²) in [6.07, 6.45) is 5.54. The Kier molecular flexibility index (Phi) is 5.81. The van der Waals surface area contributed by atoms with Gasteiger partial charge in [-0.05, 0) is 55.6 Å². The summed E-state index contributed by atoms with van der Waals surface area (Å²) in [5.74, 6) is 0.843. The first-order valence-electron chi connectivity index (χ1n) is 7.28. The Labute approximate surface area is 120 Å². The lowest BCUT2D eigenvalue weighted by Gasteiger charge is -2.18. The smallest absolute Gasteiger partial charge is 0.123 e. The van der Waals surface area contributed by atoms with Gasteiger partial charge in [0.25, 0.3) is 0 Å². The molecule has 0 radical (unpaired) electrons. The molecule has 0 saturated heterocycles. The highest BCUT2D eigenvalue weighted by Crippen LogP contribution is 2.12. The van der Waals surface area contributed by atoms with E-state index in [1.54, 1.807) is 18.4 Å². The molecule has 1 unspecified atom stereocenters. The Hall–Kier alpha value is -1.61. The van der Waals surface area contributed by atoms with Crippen molar-refractivity contribution in [3.8, 4) is 0 Å². The number of benzene rings is 1. The van der Waals surface area contributed by atoms with E-state index >= 15 is 0 Å². The molecule has 20 heavy (non-hydrogen) atoms. The van der Waals surface area contributed by atoms with Gasteiger partial charge in [-0.1, -0.05) is 19.1 Å². The van der Waals surface area contributed by atoms with Crippen molar-refractivity contribution >= 4 is 0 Å². The van der Waals surface area contributed by atoms with Crippen LogP contribution in [0.4, 0.5) is 4.39 Å². The van der Waals surface area contributed by atoms with Gasteiger partial charge in [0.2, 0.25) is 0 Å². The SMILES string of the molecule is CCCNC(CCc1ccco1)Cc1cccc(F)c1. The first-order valence-corrected chi connectivity index (χ1v) is 7.28. The fraction of sp³-hybridized carbons (Fsp3) is 0.412. The number of rotatable bonds is 8. The molecule has 2 nitrogen and oxygen atoms in total. The lowest BCUT2D eigenvalue weighted by molar-refractivity contribution is 0.441. The number of nitrogens with one attached hydrogen (secondary N) is 1. The highest BCUT2D eigenvalue weighted by atomic mass is 19.1. The second-order valence-electron chi connectivity index (χ2n) is 5.10. The minimum Gasteiger partial charge on any atom is -0.469 e. The second-order valence-corrected chi connectivity index (χ2v) is 5.10. The molecule has 2 rings (SSSR count). The van der Waals surface area contributed by atoms with Gasteiger partial charge in [0.15, 0.2) is 0 Å². The average Bonchev–Trinajstić information content (AvgIpc) is 2.95. The number of aryl methyl sites for hydroxylation is 1. The Balaban J connectivity index is 1.92. The van der Waals surface area contributed by atoms with E-state index in [4.69, 9.17) is 4.42 Å². The maximum atomic E-state index is 13.2. The Bertz CT molecular complexity index is 495. The summed E-state index contributed by atoms with van der Waals surface area (Å²) in [7, 11) is 0. The van der Waals surface area contributed by atoms with Gasteiger partial charge in [-0.3, -0.25) is 0 Å². The van der Waals surface area contributed by atoms with Crippen molar-refractivity contribution < 1.29 is 8.81 Å². The van der Waals surface area contributed by atoms with E-state index in [9.17, 15) is 4.39 Å². The van der Waals surface area contributed by atoms with Crippen LogP contribution in [0.3, 0.4) is 0 Å². The summed E-state index contributed by atoms with van der Waals surface area (Å²) in [6.45, 7) is 3.14. The van der Waals surface area contributed by atoms with E-state index in [1.165, 1.54) is 6.07 Å². The fourth-order valence-electron chi connectivity index (χ4n) is 2.34. The van der Waals surface area contributed by atoms with Crippen LogP contribution in [-0.4, -0.2) is 12.6 Å². The summed E-state index contributed by atoms with van der Waals surface area (Å²) in [4.78, 5) is 0. The van der Waals surface area contributed by atoms with Crippen molar-refractivity contribution in [2.45, 2.75) is 38.6 Å². The molecule has 0 fully saturated rings. The van der Waals surface area contributed by atoms with Crippen LogP contribution in [-0.2, 0) is 12.8 Å². The molecule has 0 amide bonds. The Morgan fingerprint density at radius 3 is 2.85 bits per heavy atom. The van der Waals surface area contributed by atoms with Gasteiger partial charge in [-0.25, -0.2) is 4.39 Å². The highest BCUT2D eigenvalue weighted by Gasteiger charge is 2.10. The van der Waals surface area contributed by atoms with Crippen molar-refractivity contribution in [3.63, 3.8) is 0 Å². The first-order chi connectivity index (χ1) is 9.78. The van der Waals surface area contributed by atoms with Gasteiger partial charge in [0.05, 0.1) is 6.26 Å². The van der Waals surface area contributed by atoms with E-state index in [2.05, 4.69) is 12.2 Å². The minimum absolute atomic E-state index is 0.164. The third-order valence-corrected chi connectivity index (χ3v) is 3.37. The van der Waals surface area contributed by atoms with Crippen molar-refractivity contribution in [1.29, 1.82) is 0 Å².